The number of nitro groups is 3. The molecule has 0 unspecified atom stereocenters. The number of benzene rings is 3. The summed E-state index contributed by atoms with van der Waals surface area (Å²) in [5.41, 5.74) is 9.00. The second-order valence-corrected chi connectivity index (χ2v) is 21.4. The molecule has 9 aromatic rings. The minimum Gasteiger partial charge on any atom is -0.360 e. The minimum atomic E-state index is -0.846. The Morgan fingerprint density at radius 1 is 0.264 bits per heavy atom. The molecular formula is C57H57N9O6. The van der Waals surface area contributed by atoms with Gasteiger partial charge in [0.15, 0.2) is 0 Å². The Morgan fingerprint density at radius 2 is 0.417 bits per heavy atom. The molecule has 10 rings (SSSR count). The molecule has 15 nitrogen and oxygen atoms in total. The lowest BCUT2D eigenvalue weighted by atomic mass is 9.76. The molecule has 0 amide bonds. The number of H-pyrrole nitrogens is 6. The molecule has 366 valence electrons. The predicted molar refractivity (Wildman–Crippen MR) is 277 cm³/mol. The Morgan fingerprint density at radius 3 is 0.569 bits per heavy atom. The third kappa shape index (κ3) is 7.16. The van der Waals surface area contributed by atoms with Crippen LogP contribution in [0.3, 0.4) is 0 Å². The SMILES string of the molecule is CC1(C)c2ccc([nH]2)C(C)(c2ccc([N+](=O)[O-])cc2)c2ccc([nH]2)C(C)(C)c2ccc([nH]2)C(C)(c2ccc([N+](=O)[O-])cc2)c2ccc([nH]2)C(C)(C)c2ccc([nH]2)C(C)(c2ccc([N+](=O)[O-])cc2)c2ccc1[nH]2. The quantitative estimate of drug-likeness (QED) is 0.0702. The van der Waals surface area contributed by atoms with E-state index < -0.39 is 47.3 Å². The van der Waals surface area contributed by atoms with E-state index in [1.807, 2.05) is 36.4 Å². The van der Waals surface area contributed by atoms with Crippen molar-refractivity contribution in [3.8, 4) is 0 Å². The van der Waals surface area contributed by atoms with Crippen molar-refractivity contribution >= 4 is 17.1 Å². The molecule has 0 spiro atoms. The Labute approximate surface area is 416 Å². The maximum absolute atomic E-state index is 11.9. The fourth-order valence-corrected chi connectivity index (χ4v) is 10.9. The lowest BCUT2D eigenvalue weighted by Crippen LogP contribution is -2.29. The number of nitrogens with zero attached hydrogens (tertiary/aromatic N) is 3. The van der Waals surface area contributed by atoms with Crippen molar-refractivity contribution in [3.05, 3.63) is 261 Å². The van der Waals surface area contributed by atoms with Gasteiger partial charge in [-0.05, 0) is 152 Å². The van der Waals surface area contributed by atoms with Gasteiger partial charge in [0, 0.05) is 121 Å². The smallest absolute Gasteiger partial charge is 0.269 e. The molecule has 0 radical (unpaired) electrons. The lowest BCUT2D eigenvalue weighted by molar-refractivity contribution is -0.385. The van der Waals surface area contributed by atoms with Crippen LogP contribution in [0.15, 0.2) is 146 Å². The standard InChI is InChI=1S/C57H57N9O6/c1-52(2)40-22-28-46(58-40)55(7,34-10-16-37(17-11-34)64(67)68)48-30-24-42(60-48)53(3,4)44-26-32-50(62-44)57(9,36-14-20-39(21-15-36)66(71)72)51-33-27-45(63-51)54(5,6)43-25-31-49(61-43)56(8,47-29-23-41(52)59-47)35-12-18-38(19-13-35)65(69)70/h10-33,58-63H,1-9H3. The van der Waals surface area contributed by atoms with Crippen molar-refractivity contribution in [3.63, 3.8) is 0 Å². The molecule has 3 aromatic carbocycles. The van der Waals surface area contributed by atoms with E-state index in [4.69, 9.17) is 0 Å². The first-order valence-corrected chi connectivity index (χ1v) is 23.9. The van der Waals surface area contributed by atoms with Crippen LogP contribution in [0.5, 0.6) is 0 Å². The molecule has 1 aliphatic heterocycles. The fraction of sp³-hybridized carbons (Fsp3) is 0.263. The average Bonchev–Trinajstić information content (AvgIpc) is 4.23. The number of rotatable bonds is 6. The van der Waals surface area contributed by atoms with Crippen LogP contribution in [0, 0.1) is 30.3 Å². The lowest BCUT2D eigenvalue weighted by Gasteiger charge is -2.32. The number of aromatic amines is 6. The summed E-state index contributed by atoms with van der Waals surface area (Å²) in [6.45, 7) is 19.3. The van der Waals surface area contributed by atoms with Crippen molar-refractivity contribution in [2.75, 3.05) is 0 Å². The van der Waals surface area contributed by atoms with Gasteiger partial charge in [0.1, 0.15) is 0 Å². The van der Waals surface area contributed by atoms with Crippen molar-refractivity contribution in [1.82, 2.24) is 29.9 Å². The predicted octanol–water partition coefficient (Wildman–Crippen LogP) is 12.7. The topological polar surface area (TPSA) is 224 Å². The molecule has 1 aliphatic rings. The Hall–Kier alpha value is -8.46. The van der Waals surface area contributed by atoms with Crippen LogP contribution in [0.25, 0.3) is 0 Å². The van der Waals surface area contributed by atoms with Crippen molar-refractivity contribution in [1.29, 1.82) is 0 Å². The highest BCUT2D eigenvalue weighted by Crippen LogP contribution is 2.47. The molecular weight excluding hydrogens is 907 g/mol. The Balaban J connectivity index is 1.20. The van der Waals surface area contributed by atoms with Gasteiger partial charge in [-0.2, -0.15) is 0 Å². The summed E-state index contributed by atoms with van der Waals surface area (Å²) in [7, 11) is 0. The number of nitrogens with one attached hydrogen (secondary N) is 6. The zero-order chi connectivity index (χ0) is 51.3. The van der Waals surface area contributed by atoms with Crippen LogP contribution in [0.1, 0.15) is 147 Å². The van der Waals surface area contributed by atoms with E-state index in [1.165, 1.54) is 0 Å². The zero-order valence-electron chi connectivity index (χ0n) is 41.6. The second-order valence-electron chi connectivity index (χ2n) is 21.4. The monoisotopic (exact) mass is 963 g/mol. The van der Waals surface area contributed by atoms with Gasteiger partial charge < -0.3 is 29.9 Å². The van der Waals surface area contributed by atoms with Gasteiger partial charge in [-0.1, -0.05) is 36.4 Å². The van der Waals surface area contributed by atoms with Crippen LogP contribution in [0.2, 0.25) is 0 Å². The van der Waals surface area contributed by atoms with Crippen LogP contribution in [0.4, 0.5) is 17.1 Å². The summed E-state index contributed by atoms with van der Waals surface area (Å²) in [5.74, 6) is 0. The third-order valence-corrected chi connectivity index (χ3v) is 16.4. The number of hydrogen-bond donors (Lipinski definition) is 6. The van der Waals surface area contributed by atoms with E-state index in [0.29, 0.717) is 0 Å². The summed E-state index contributed by atoms with van der Waals surface area (Å²) in [5, 5.41) is 35.6. The van der Waals surface area contributed by atoms with Crippen LogP contribution < -0.4 is 0 Å². The second kappa shape index (κ2) is 16.3. The van der Waals surface area contributed by atoms with Gasteiger partial charge in [-0.25, -0.2) is 0 Å². The van der Waals surface area contributed by atoms with E-state index in [2.05, 4.69) is 165 Å². The van der Waals surface area contributed by atoms with Crippen LogP contribution >= 0.6 is 0 Å². The molecule has 0 saturated heterocycles. The van der Waals surface area contributed by atoms with E-state index >= 15 is 0 Å². The van der Waals surface area contributed by atoms with E-state index in [-0.39, 0.29) is 17.1 Å². The van der Waals surface area contributed by atoms with Crippen LogP contribution in [-0.4, -0.2) is 44.7 Å². The molecule has 0 atom stereocenters. The highest BCUT2D eigenvalue weighted by molar-refractivity contribution is 5.55. The number of fused-ring (bicyclic) bond motifs is 12. The largest absolute Gasteiger partial charge is 0.360 e. The van der Waals surface area contributed by atoms with Gasteiger partial charge in [0.2, 0.25) is 0 Å². The highest BCUT2D eigenvalue weighted by atomic mass is 16.6. The first-order valence-electron chi connectivity index (χ1n) is 23.9. The number of aromatic nitrogens is 6. The third-order valence-electron chi connectivity index (χ3n) is 16.4. The van der Waals surface area contributed by atoms with Gasteiger partial charge >= 0.3 is 0 Å². The Bertz CT molecular complexity index is 3030. The van der Waals surface area contributed by atoms with Gasteiger partial charge in [0.05, 0.1) is 31.0 Å². The number of hydrogen-bond acceptors (Lipinski definition) is 6. The number of non-ortho nitro benzene ring substituents is 3. The summed E-state index contributed by atoms with van der Waals surface area (Å²) in [6.07, 6.45) is 0. The normalized spacial score (nSPS) is 21.1. The molecule has 0 saturated carbocycles. The molecule has 12 bridgehead atoms. The maximum Gasteiger partial charge on any atom is 0.269 e. The summed E-state index contributed by atoms with van der Waals surface area (Å²) < 4.78 is 0. The van der Waals surface area contributed by atoms with Crippen molar-refractivity contribution < 1.29 is 14.8 Å². The van der Waals surface area contributed by atoms with E-state index in [0.717, 1.165) is 85.0 Å². The van der Waals surface area contributed by atoms with Gasteiger partial charge in [-0.15, -0.1) is 0 Å². The zero-order valence-corrected chi connectivity index (χ0v) is 41.6. The summed E-state index contributed by atoms with van der Waals surface area (Å²) in [6, 6.07) is 45.2. The van der Waals surface area contributed by atoms with Gasteiger partial charge in [0.25, 0.3) is 17.1 Å². The molecule has 0 aliphatic carbocycles. The minimum absolute atomic E-state index is 0.00453. The maximum atomic E-state index is 11.9. The molecule has 0 fully saturated rings. The number of nitro benzene ring substituents is 3. The summed E-state index contributed by atoms with van der Waals surface area (Å²) >= 11 is 0. The molecule has 6 aromatic heterocycles. The van der Waals surface area contributed by atoms with Gasteiger partial charge in [-0.3, -0.25) is 30.3 Å². The van der Waals surface area contributed by atoms with Crippen molar-refractivity contribution in [2.24, 2.45) is 0 Å². The van der Waals surface area contributed by atoms with Crippen LogP contribution in [-0.2, 0) is 32.5 Å². The average molecular weight is 964 g/mol. The molecule has 7 heterocycles. The molecule has 15 heteroatoms. The van der Waals surface area contributed by atoms with Crippen molar-refractivity contribution in [2.45, 2.75) is 94.8 Å². The first-order chi connectivity index (χ1) is 34.0. The van der Waals surface area contributed by atoms with E-state index in [9.17, 15) is 30.3 Å². The first kappa shape index (κ1) is 47.2. The Kier molecular flexibility index (Phi) is 10.7. The summed E-state index contributed by atoms with van der Waals surface area (Å²) in [4.78, 5) is 57.4. The molecule has 6 N–H and O–H groups in total. The van der Waals surface area contributed by atoms with E-state index in [1.54, 1.807) is 36.4 Å². The highest BCUT2D eigenvalue weighted by Gasteiger charge is 2.42. The fourth-order valence-electron chi connectivity index (χ4n) is 10.9. The molecule has 72 heavy (non-hydrogen) atoms.